The molecule has 0 spiro atoms. The smallest absolute Gasteiger partial charge is 0.191 e. The summed E-state index contributed by atoms with van der Waals surface area (Å²) >= 11 is 0. The number of nitrogens with zero attached hydrogens (tertiary/aromatic N) is 1. The Balaban J connectivity index is 0.00000361. The highest BCUT2D eigenvalue weighted by molar-refractivity contribution is 14.0. The van der Waals surface area contributed by atoms with Crippen molar-refractivity contribution in [1.82, 2.24) is 10.6 Å². The third-order valence-electron chi connectivity index (χ3n) is 2.68. The van der Waals surface area contributed by atoms with Gasteiger partial charge in [-0.25, -0.2) is 4.39 Å². The van der Waals surface area contributed by atoms with Crippen LogP contribution in [0, 0.1) is 5.82 Å². The first-order valence-corrected chi connectivity index (χ1v) is 6.51. The number of guanidine groups is 1. The molecule has 0 saturated heterocycles. The fourth-order valence-electron chi connectivity index (χ4n) is 1.43. The maximum absolute atomic E-state index is 12.9. The van der Waals surface area contributed by atoms with Crippen LogP contribution in [0.2, 0.25) is 0 Å². The fraction of sp³-hybridized carbons (Fsp3) is 0.500. The monoisotopic (exact) mass is 395 g/mol. The van der Waals surface area contributed by atoms with Gasteiger partial charge in [-0.1, -0.05) is 13.0 Å². The van der Waals surface area contributed by atoms with Gasteiger partial charge >= 0.3 is 0 Å². The first-order valence-electron chi connectivity index (χ1n) is 6.51. The number of ether oxygens (including phenoxy) is 1. The highest BCUT2D eigenvalue weighted by Gasteiger charge is 2.02. The number of hydrogen-bond donors (Lipinski definition) is 2. The molecule has 1 rings (SSSR count). The number of nitrogens with one attached hydrogen (secondary N) is 2. The molecule has 0 aliphatic carbocycles. The van der Waals surface area contributed by atoms with Crippen LogP contribution in [-0.4, -0.2) is 32.2 Å². The average Bonchev–Trinajstić information content (AvgIpc) is 2.42. The minimum absolute atomic E-state index is 0. The van der Waals surface area contributed by atoms with E-state index in [1.807, 2.05) is 0 Å². The molecule has 6 heteroatoms. The van der Waals surface area contributed by atoms with E-state index in [4.69, 9.17) is 4.74 Å². The van der Waals surface area contributed by atoms with Gasteiger partial charge in [0.1, 0.15) is 18.2 Å². The first kappa shape index (κ1) is 18.9. The van der Waals surface area contributed by atoms with Crippen LogP contribution in [0.1, 0.15) is 20.3 Å². The quantitative estimate of drug-likeness (QED) is 0.337. The molecule has 114 valence electrons. The Morgan fingerprint density at radius 1 is 1.45 bits per heavy atom. The summed E-state index contributed by atoms with van der Waals surface area (Å²) in [5.74, 6) is 0.989. The molecule has 0 aliphatic rings. The van der Waals surface area contributed by atoms with Gasteiger partial charge in [0.15, 0.2) is 5.96 Å². The predicted molar refractivity (Wildman–Crippen MR) is 91.6 cm³/mol. The number of hydrogen-bond acceptors (Lipinski definition) is 2. The molecule has 0 saturated carbocycles. The van der Waals surface area contributed by atoms with Gasteiger partial charge < -0.3 is 15.4 Å². The lowest BCUT2D eigenvalue weighted by Crippen LogP contribution is -2.43. The Labute approximate surface area is 137 Å². The molecule has 0 aliphatic heterocycles. The lowest BCUT2D eigenvalue weighted by Gasteiger charge is -2.16. The fourth-order valence-corrected chi connectivity index (χ4v) is 1.43. The molecule has 0 bridgehead atoms. The van der Waals surface area contributed by atoms with Crippen molar-refractivity contribution in [3.63, 3.8) is 0 Å². The summed E-state index contributed by atoms with van der Waals surface area (Å²) < 4.78 is 18.3. The van der Waals surface area contributed by atoms with Gasteiger partial charge in [-0.15, -0.1) is 24.0 Å². The Morgan fingerprint density at radius 3 is 2.80 bits per heavy atom. The van der Waals surface area contributed by atoms with Gasteiger partial charge in [0, 0.05) is 19.2 Å². The third kappa shape index (κ3) is 7.52. The van der Waals surface area contributed by atoms with Crippen molar-refractivity contribution in [2.24, 2.45) is 4.99 Å². The molecule has 1 aromatic rings. The summed E-state index contributed by atoms with van der Waals surface area (Å²) in [4.78, 5) is 4.11. The molecule has 1 atom stereocenters. The zero-order valence-electron chi connectivity index (χ0n) is 12.1. The highest BCUT2D eigenvalue weighted by Crippen LogP contribution is 2.11. The van der Waals surface area contributed by atoms with Crippen LogP contribution in [0.3, 0.4) is 0 Å². The molecule has 0 amide bonds. The van der Waals surface area contributed by atoms with Crippen LogP contribution in [0.15, 0.2) is 29.3 Å². The first-order chi connectivity index (χ1) is 9.15. The van der Waals surface area contributed by atoms with E-state index in [1.165, 1.54) is 12.1 Å². The molecule has 4 nitrogen and oxygen atoms in total. The summed E-state index contributed by atoms with van der Waals surface area (Å²) in [6.07, 6.45) is 1.03. The van der Waals surface area contributed by atoms with Gasteiger partial charge in [0.2, 0.25) is 0 Å². The number of rotatable bonds is 6. The van der Waals surface area contributed by atoms with Gasteiger partial charge in [-0.2, -0.15) is 0 Å². The van der Waals surface area contributed by atoms with Gasteiger partial charge in [0.25, 0.3) is 0 Å². The summed E-state index contributed by atoms with van der Waals surface area (Å²) in [7, 11) is 1.73. The largest absolute Gasteiger partial charge is 0.492 e. The Bertz CT molecular complexity index is 415. The Hall–Kier alpha value is -1.05. The number of benzene rings is 1. The molecule has 0 fully saturated rings. The van der Waals surface area contributed by atoms with Crippen molar-refractivity contribution >= 4 is 29.9 Å². The van der Waals surface area contributed by atoms with Gasteiger partial charge in [-0.3, -0.25) is 4.99 Å². The van der Waals surface area contributed by atoms with Crippen molar-refractivity contribution in [3.8, 4) is 5.75 Å². The zero-order chi connectivity index (χ0) is 14.1. The van der Waals surface area contributed by atoms with Gasteiger partial charge in [0.05, 0.1) is 6.54 Å². The van der Waals surface area contributed by atoms with Crippen molar-refractivity contribution in [2.75, 3.05) is 20.2 Å². The lowest BCUT2D eigenvalue weighted by molar-refractivity contribution is 0.320. The number of aliphatic imine (C=N–C) groups is 1. The average molecular weight is 395 g/mol. The maximum atomic E-state index is 12.9. The molecular weight excluding hydrogens is 372 g/mol. The van der Waals surface area contributed by atoms with E-state index < -0.39 is 0 Å². The maximum Gasteiger partial charge on any atom is 0.191 e. The molecule has 0 aromatic heterocycles. The summed E-state index contributed by atoms with van der Waals surface area (Å²) in [6, 6.07) is 6.49. The van der Waals surface area contributed by atoms with Gasteiger partial charge in [-0.05, 0) is 25.5 Å². The topological polar surface area (TPSA) is 45.7 Å². The molecular formula is C14H23FIN3O. The van der Waals surface area contributed by atoms with Crippen molar-refractivity contribution < 1.29 is 9.13 Å². The van der Waals surface area contributed by atoms with E-state index >= 15 is 0 Å². The van der Waals surface area contributed by atoms with E-state index in [1.54, 1.807) is 19.2 Å². The summed E-state index contributed by atoms with van der Waals surface area (Å²) in [5.41, 5.74) is 0. The standard InChI is InChI=1S/C14H22FN3O.HI/c1-4-11(2)18-14(16-3)17-8-9-19-13-7-5-6-12(15)10-13;/h5-7,10-11H,4,8-9H2,1-3H3,(H2,16,17,18);1H. The molecule has 1 unspecified atom stereocenters. The Kier molecular flexibility index (Phi) is 10.1. The third-order valence-corrected chi connectivity index (χ3v) is 2.68. The minimum Gasteiger partial charge on any atom is -0.492 e. The Morgan fingerprint density at radius 2 is 2.20 bits per heavy atom. The second-order valence-corrected chi connectivity index (χ2v) is 4.26. The van der Waals surface area contributed by atoms with Crippen LogP contribution in [0.25, 0.3) is 0 Å². The zero-order valence-corrected chi connectivity index (χ0v) is 14.5. The van der Waals surface area contributed by atoms with Crippen molar-refractivity contribution in [3.05, 3.63) is 30.1 Å². The van der Waals surface area contributed by atoms with Crippen molar-refractivity contribution in [2.45, 2.75) is 26.3 Å². The van der Waals surface area contributed by atoms with E-state index in [0.29, 0.717) is 24.9 Å². The second-order valence-electron chi connectivity index (χ2n) is 4.26. The van der Waals surface area contributed by atoms with Crippen LogP contribution in [0.5, 0.6) is 5.75 Å². The minimum atomic E-state index is -0.292. The predicted octanol–water partition coefficient (Wildman–Crippen LogP) is 2.79. The normalized spacial score (nSPS) is 12.3. The van der Waals surface area contributed by atoms with Crippen LogP contribution >= 0.6 is 24.0 Å². The second kappa shape index (κ2) is 10.7. The number of halogens is 2. The SMILES string of the molecule is CCC(C)NC(=NC)NCCOc1cccc(F)c1.I. The van der Waals surface area contributed by atoms with E-state index in [-0.39, 0.29) is 29.8 Å². The summed E-state index contributed by atoms with van der Waals surface area (Å²) in [5, 5.41) is 6.39. The highest BCUT2D eigenvalue weighted by atomic mass is 127. The summed E-state index contributed by atoms with van der Waals surface area (Å²) in [6.45, 7) is 5.26. The molecule has 1 aromatic carbocycles. The van der Waals surface area contributed by atoms with E-state index in [9.17, 15) is 4.39 Å². The van der Waals surface area contributed by atoms with E-state index in [2.05, 4.69) is 29.5 Å². The molecule has 2 N–H and O–H groups in total. The van der Waals surface area contributed by atoms with Crippen LogP contribution in [0.4, 0.5) is 4.39 Å². The van der Waals surface area contributed by atoms with Crippen LogP contribution in [-0.2, 0) is 0 Å². The van der Waals surface area contributed by atoms with E-state index in [0.717, 1.165) is 12.4 Å². The lowest BCUT2D eigenvalue weighted by atomic mass is 10.3. The van der Waals surface area contributed by atoms with Crippen LogP contribution < -0.4 is 15.4 Å². The molecule has 0 radical (unpaired) electrons. The van der Waals surface area contributed by atoms with Crippen molar-refractivity contribution in [1.29, 1.82) is 0 Å². The molecule has 20 heavy (non-hydrogen) atoms. The molecule has 0 heterocycles.